The summed E-state index contributed by atoms with van der Waals surface area (Å²) >= 11 is 3.18. The molecule has 4 nitrogen and oxygen atoms in total. The van der Waals surface area contributed by atoms with Crippen molar-refractivity contribution >= 4 is 26.0 Å². The Morgan fingerprint density at radius 2 is 2.25 bits per heavy atom. The summed E-state index contributed by atoms with van der Waals surface area (Å²) in [5.74, 6) is -0.547. The highest BCUT2D eigenvalue weighted by Crippen LogP contribution is 2.25. The van der Waals surface area contributed by atoms with Gasteiger partial charge in [0.25, 0.3) is 0 Å². The van der Waals surface area contributed by atoms with Gasteiger partial charge >= 0.3 is 0 Å². The van der Waals surface area contributed by atoms with Gasteiger partial charge in [0, 0.05) is 24.2 Å². The zero-order chi connectivity index (χ0) is 14.8. The number of hydrogen-bond donors (Lipinski definition) is 0. The van der Waals surface area contributed by atoms with E-state index in [2.05, 4.69) is 15.9 Å². The molecule has 1 aromatic carbocycles. The smallest absolute Gasteiger partial charge is 0.246 e. The van der Waals surface area contributed by atoms with Gasteiger partial charge in [0.1, 0.15) is 10.7 Å². The van der Waals surface area contributed by atoms with Gasteiger partial charge in [-0.2, -0.15) is 4.31 Å². The fourth-order valence-electron chi connectivity index (χ4n) is 2.23. The van der Waals surface area contributed by atoms with E-state index >= 15 is 0 Å². The van der Waals surface area contributed by atoms with Gasteiger partial charge < -0.3 is 4.74 Å². The Balaban J connectivity index is 2.28. The third-order valence-corrected chi connectivity index (χ3v) is 5.80. The highest BCUT2D eigenvalue weighted by Gasteiger charge is 2.29. The average molecular weight is 366 g/mol. The van der Waals surface area contributed by atoms with Crippen LogP contribution >= 0.6 is 15.9 Å². The van der Waals surface area contributed by atoms with Crippen LogP contribution in [0.4, 0.5) is 4.39 Å². The molecule has 2 rings (SSSR count). The normalized spacial score (nSPS) is 19.7. The zero-order valence-corrected chi connectivity index (χ0v) is 13.6. The van der Waals surface area contributed by atoms with Crippen LogP contribution in [0.25, 0.3) is 0 Å². The predicted octanol–water partition coefficient (Wildman–Crippen LogP) is 2.64. The van der Waals surface area contributed by atoms with Gasteiger partial charge in [-0.1, -0.05) is 22.9 Å². The van der Waals surface area contributed by atoms with Crippen LogP contribution in [0.2, 0.25) is 0 Å². The lowest BCUT2D eigenvalue weighted by atomic mass is 10.1. The van der Waals surface area contributed by atoms with Crippen molar-refractivity contribution in [2.75, 3.05) is 26.3 Å². The van der Waals surface area contributed by atoms with E-state index in [4.69, 9.17) is 4.74 Å². The first kappa shape index (κ1) is 15.9. The Kier molecular flexibility index (Phi) is 5.17. The largest absolute Gasteiger partial charge is 0.381 e. The molecule has 0 aromatic heterocycles. The minimum atomic E-state index is -3.82. The SMILES string of the molecule is CCN(CC1CCOC1)S(=O)(=O)c1cc(Br)ccc1F. The van der Waals surface area contributed by atoms with E-state index in [0.717, 1.165) is 12.5 Å². The van der Waals surface area contributed by atoms with Gasteiger partial charge in [-0.15, -0.1) is 0 Å². The molecule has 0 bridgehead atoms. The Hall–Kier alpha value is -0.500. The fourth-order valence-corrected chi connectivity index (χ4v) is 4.35. The molecule has 1 aromatic rings. The second-order valence-electron chi connectivity index (χ2n) is 4.76. The van der Waals surface area contributed by atoms with E-state index in [1.54, 1.807) is 6.92 Å². The fraction of sp³-hybridized carbons (Fsp3) is 0.538. The van der Waals surface area contributed by atoms with Gasteiger partial charge in [-0.05, 0) is 30.5 Å². The van der Waals surface area contributed by atoms with Crippen molar-refractivity contribution in [3.8, 4) is 0 Å². The van der Waals surface area contributed by atoms with Crippen molar-refractivity contribution in [2.45, 2.75) is 18.2 Å². The monoisotopic (exact) mass is 365 g/mol. The topological polar surface area (TPSA) is 46.6 Å². The number of rotatable bonds is 5. The minimum Gasteiger partial charge on any atom is -0.381 e. The highest BCUT2D eigenvalue weighted by atomic mass is 79.9. The molecular formula is C13H17BrFNO3S. The van der Waals surface area contributed by atoms with E-state index in [9.17, 15) is 12.8 Å². The molecule has 1 aliphatic rings. The van der Waals surface area contributed by atoms with Crippen LogP contribution in [-0.2, 0) is 14.8 Å². The van der Waals surface area contributed by atoms with Crippen LogP contribution in [0.15, 0.2) is 27.6 Å². The Morgan fingerprint density at radius 3 is 2.85 bits per heavy atom. The summed E-state index contributed by atoms with van der Waals surface area (Å²) in [7, 11) is -3.82. The zero-order valence-electron chi connectivity index (χ0n) is 11.2. The van der Waals surface area contributed by atoms with Crippen molar-refractivity contribution in [2.24, 2.45) is 5.92 Å². The van der Waals surface area contributed by atoms with Crippen molar-refractivity contribution in [1.82, 2.24) is 4.31 Å². The predicted molar refractivity (Wildman–Crippen MR) is 77.5 cm³/mol. The van der Waals surface area contributed by atoms with Crippen molar-refractivity contribution in [1.29, 1.82) is 0 Å². The molecule has 0 radical (unpaired) electrons. The third kappa shape index (κ3) is 3.39. The first-order valence-electron chi connectivity index (χ1n) is 6.48. The van der Waals surface area contributed by atoms with Crippen LogP contribution in [-0.4, -0.2) is 39.0 Å². The number of hydrogen-bond acceptors (Lipinski definition) is 3. The first-order chi connectivity index (χ1) is 9.45. The van der Waals surface area contributed by atoms with Gasteiger partial charge in [0.15, 0.2) is 0 Å². The summed E-state index contributed by atoms with van der Waals surface area (Å²) in [4.78, 5) is -0.285. The summed E-state index contributed by atoms with van der Waals surface area (Å²) in [6.07, 6.45) is 0.840. The molecule has 0 N–H and O–H groups in total. The number of halogens is 2. The van der Waals surface area contributed by atoms with Crippen molar-refractivity contribution < 1.29 is 17.5 Å². The van der Waals surface area contributed by atoms with Gasteiger partial charge in [-0.25, -0.2) is 12.8 Å². The molecule has 7 heteroatoms. The van der Waals surface area contributed by atoms with Crippen LogP contribution in [0.3, 0.4) is 0 Å². The Morgan fingerprint density at radius 1 is 1.50 bits per heavy atom. The summed E-state index contributed by atoms with van der Waals surface area (Å²) in [5, 5.41) is 0. The van der Waals surface area contributed by atoms with Gasteiger partial charge in [0.05, 0.1) is 6.61 Å². The van der Waals surface area contributed by atoms with E-state index in [1.165, 1.54) is 16.4 Å². The lowest BCUT2D eigenvalue weighted by molar-refractivity contribution is 0.180. The first-order valence-corrected chi connectivity index (χ1v) is 8.71. The maximum Gasteiger partial charge on any atom is 0.246 e. The molecule has 1 heterocycles. The second kappa shape index (κ2) is 6.51. The summed E-state index contributed by atoms with van der Waals surface area (Å²) in [6.45, 7) is 3.65. The lowest BCUT2D eigenvalue weighted by Gasteiger charge is -2.23. The third-order valence-electron chi connectivity index (χ3n) is 3.35. The van der Waals surface area contributed by atoms with Crippen LogP contribution in [0.5, 0.6) is 0 Å². The maximum absolute atomic E-state index is 13.8. The molecule has 1 fully saturated rings. The molecule has 0 spiro atoms. The molecule has 1 aliphatic heterocycles. The Bertz CT molecular complexity index is 573. The van der Waals surface area contributed by atoms with Crippen LogP contribution in [0, 0.1) is 11.7 Å². The molecule has 1 saturated heterocycles. The minimum absolute atomic E-state index is 0.180. The Labute approximate surface area is 127 Å². The van der Waals surface area contributed by atoms with Crippen molar-refractivity contribution in [3.05, 3.63) is 28.5 Å². The van der Waals surface area contributed by atoms with Gasteiger partial charge in [0.2, 0.25) is 10.0 Å². The molecule has 112 valence electrons. The van der Waals surface area contributed by atoms with Crippen LogP contribution < -0.4 is 0 Å². The summed E-state index contributed by atoms with van der Waals surface area (Å²) < 4.78 is 46.0. The van der Waals surface area contributed by atoms with E-state index < -0.39 is 15.8 Å². The molecular weight excluding hydrogens is 349 g/mol. The summed E-state index contributed by atoms with van der Waals surface area (Å²) in [5.41, 5.74) is 0. The molecule has 0 saturated carbocycles. The number of nitrogens with zero attached hydrogens (tertiary/aromatic N) is 1. The average Bonchev–Trinajstić information content (AvgIpc) is 2.91. The van der Waals surface area contributed by atoms with Crippen LogP contribution in [0.1, 0.15) is 13.3 Å². The molecule has 20 heavy (non-hydrogen) atoms. The second-order valence-corrected chi connectivity index (χ2v) is 7.58. The van der Waals surface area contributed by atoms with Crippen molar-refractivity contribution in [3.63, 3.8) is 0 Å². The molecule has 1 atom stereocenters. The van der Waals surface area contributed by atoms with E-state index in [1.807, 2.05) is 0 Å². The number of ether oxygens (including phenoxy) is 1. The lowest BCUT2D eigenvalue weighted by Crippen LogP contribution is -2.36. The molecule has 1 unspecified atom stereocenters. The number of benzene rings is 1. The molecule has 0 aliphatic carbocycles. The summed E-state index contributed by atoms with van der Waals surface area (Å²) in [6, 6.07) is 3.94. The highest BCUT2D eigenvalue weighted by molar-refractivity contribution is 9.10. The van der Waals surface area contributed by atoms with E-state index in [0.29, 0.717) is 30.8 Å². The van der Waals surface area contributed by atoms with E-state index in [-0.39, 0.29) is 10.8 Å². The number of sulfonamides is 1. The molecule has 0 amide bonds. The maximum atomic E-state index is 13.8. The standard InChI is InChI=1S/C13H17BrFNO3S/c1-2-16(8-10-5-6-19-9-10)20(17,18)13-7-11(14)3-4-12(13)15/h3-4,7,10H,2,5-6,8-9H2,1H3. The quantitative estimate of drug-likeness (QED) is 0.805. The van der Waals surface area contributed by atoms with Gasteiger partial charge in [-0.3, -0.25) is 0 Å².